The molecule has 0 heterocycles. The Kier molecular flexibility index (Phi) is 4.93. The van der Waals surface area contributed by atoms with Crippen LogP contribution in [-0.4, -0.2) is 11.2 Å². The van der Waals surface area contributed by atoms with E-state index in [1.807, 2.05) is 19.9 Å². The van der Waals surface area contributed by atoms with Crippen molar-refractivity contribution in [2.75, 3.05) is 0 Å². The van der Waals surface area contributed by atoms with Crippen LogP contribution in [0.2, 0.25) is 0 Å². The molecule has 0 radical (unpaired) electrons. The molecule has 16 heavy (non-hydrogen) atoms. The standard InChI is InChI=1S/C13H18BrFO/c1-8(2)12(9(3)16)6-10-4-5-11(14)7-13(10)15/h4-5,7-9,12,16H,6H2,1-3H3. The van der Waals surface area contributed by atoms with E-state index < -0.39 is 6.10 Å². The molecule has 0 saturated carbocycles. The van der Waals surface area contributed by atoms with Crippen LogP contribution < -0.4 is 0 Å². The molecule has 1 aromatic rings. The summed E-state index contributed by atoms with van der Waals surface area (Å²) in [7, 11) is 0. The molecule has 0 spiro atoms. The highest BCUT2D eigenvalue weighted by atomic mass is 79.9. The first-order valence-electron chi connectivity index (χ1n) is 5.53. The zero-order valence-electron chi connectivity index (χ0n) is 9.87. The summed E-state index contributed by atoms with van der Waals surface area (Å²) in [5, 5.41) is 9.66. The minimum Gasteiger partial charge on any atom is -0.393 e. The summed E-state index contributed by atoms with van der Waals surface area (Å²) < 4.78 is 14.4. The quantitative estimate of drug-likeness (QED) is 0.894. The van der Waals surface area contributed by atoms with Crippen molar-refractivity contribution in [2.24, 2.45) is 11.8 Å². The SMILES string of the molecule is CC(C)C(Cc1ccc(Br)cc1F)C(C)O. The van der Waals surface area contributed by atoms with Crippen molar-refractivity contribution < 1.29 is 9.50 Å². The van der Waals surface area contributed by atoms with Crippen LogP contribution in [0.1, 0.15) is 26.3 Å². The fourth-order valence-corrected chi connectivity index (χ4v) is 2.24. The van der Waals surface area contributed by atoms with Crippen molar-refractivity contribution >= 4 is 15.9 Å². The number of aliphatic hydroxyl groups excluding tert-OH is 1. The van der Waals surface area contributed by atoms with E-state index in [-0.39, 0.29) is 11.7 Å². The van der Waals surface area contributed by atoms with Crippen LogP contribution in [0, 0.1) is 17.7 Å². The number of hydrogen-bond acceptors (Lipinski definition) is 1. The lowest BCUT2D eigenvalue weighted by Gasteiger charge is -2.24. The molecule has 1 N–H and O–H groups in total. The Morgan fingerprint density at radius 3 is 2.38 bits per heavy atom. The van der Waals surface area contributed by atoms with Gasteiger partial charge in [-0.3, -0.25) is 0 Å². The second-order valence-corrected chi connectivity index (χ2v) is 5.50. The minimum absolute atomic E-state index is 0.0932. The molecular formula is C13H18BrFO. The Balaban J connectivity index is 2.85. The fraction of sp³-hybridized carbons (Fsp3) is 0.538. The van der Waals surface area contributed by atoms with E-state index in [4.69, 9.17) is 0 Å². The van der Waals surface area contributed by atoms with Crippen LogP contribution in [-0.2, 0) is 6.42 Å². The van der Waals surface area contributed by atoms with Crippen LogP contribution in [0.15, 0.2) is 22.7 Å². The monoisotopic (exact) mass is 288 g/mol. The molecule has 0 saturated heterocycles. The van der Waals surface area contributed by atoms with Gasteiger partial charge in [-0.15, -0.1) is 0 Å². The van der Waals surface area contributed by atoms with E-state index in [1.54, 1.807) is 13.0 Å². The maximum absolute atomic E-state index is 13.6. The first kappa shape index (κ1) is 13.7. The van der Waals surface area contributed by atoms with E-state index in [9.17, 15) is 9.50 Å². The molecule has 90 valence electrons. The van der Waals surface area contributed by atoms with Crippen LogP contribution in [0.4, 0.5) is 4.39 Å². The summed E-state index contributed by atoms with van der Waals surface area (Å²) in [6, 6.07) is 5.07. The lowest BCUT2D eigenvalue weighted by atomic mass is 9.85. The van der Waals surface area contributed by atoms with Gasteiger partial charge in [0, 0.05) is 4.47 Å². The zero-order chi connectivity index (χ0) is 12.3. The molecule has 0 bridgehead atoms. The van der Waals surface area contributed by atoms with Crippen molar-refractivity contribution in [3.8, 4) is 0 Å². The van der Waals surface area contributed by atoms with Crippen molar-refractivity contribution in [1.82, 2.24) is 0 Å². The van der Waals surface area contributed by atoms with Gasteiger partial charge in [-0.25, -0.2) is 4.39 Å². The van der Waals surface area contributed by atoms with Crippen LogP contribution in [0.25, 0.3) is 0 Å². The predicted molar refractivity (Wildman–Crippen MR) is 67.8 cm³/mol. The van der Waals surface area contributed by atoms with Gasteiger partial charge in [-0.2, -0.15) is 0 Å². The molecule has 0 aliphatic heterocycles. The summed E-state index contributed by atoms with van der Waals surface area (Å²) >= 11 is 3.23. The minimum atomic E-state index is -0.414. The van der Waals surface area contributed by atoms with Crippen molar-refractivity contribution in [3.63, 3.8) is 0 Å². The van der Waals surface area contributed by atoms with Crippen LogP contribution in [0.3, 0.4) is 0 Å². The summed E-state index contributed by atoms with van der Waals surface area (Å²) in [5.41, 5.74) is 0.669. The molecule has 0 aliphatic carbocycles. The Bertz CT molecular complexity index is 342. The lowest BCUT2D eigenvalue weighted by molar-refractivity contribution is 0.0971. The largest absolute Gasteiger partial charge is 0.393 e. The van der Waals surface area contributed by atoms with Crippen molar-refractivity contribution in [2.45, 2.75) is 33.3 Å². The molecule has 3 heteroatoms. The Hall–Kier alpha value is -0.410. The normalized spacial score (nSPS) is 15.2. The topological polar surface area (TPSA) is 20.2 Å². The number of rotatable bonds is 4. The van der Waals surface area contributed by atoms with Crippen LogP contribution in [0.5, 0.6) is 0 Å². The molecule has 2 atom stereocenters. The highest BCUT2D eigenvalue weighted by Crippen LogP contribution is 2.24. The first-order valence-corrected chi connectivity index (χ1v) is 6.33. The van der Waals surface area contributed by atoms with Gasteiger partial charge in [0.2, 0.25) is 0 Å². The first-order chi connectivity index (χ1) is 7.41. The number of halogens is 2. The van der Waals surface area contributed by atoms with E-state index in [0.29, 0.717) is 17.9 Å². The smallest absolute Gasteiger partial charge is 0.127 e. The third kappa shape index (κ3) is 3.56. The second-order valence-electron chi connectivity index (χ2n) is 4.59. The van der Waals surface area contributed by atoms with E-state index >= 15 is 0 Å². The van der Waals surface area contributed by atoms with Gasteiger partial charge in [-0.05, 0) is 42.9 Å². The molecular weight excluding hydrogens is 271 g/mol. The van der Waals surface area contributed by atoms with Gasteiger partial charge >= 0.3 is 0 Å². The van der Waals surface area contributed by atoms with Gasteiger partial charge in [0.15, 0.2) is 0 Å². The molecule has 0 amide bonds. The third-order valence-corrected chi connectivity index (χ3v) is 3.44. The zero-order valence-corrected chi connectivity index (χ0v) is 11.5. The maximum atomic E-state index is 13.6. The van der Waals surface area contributed by atoms with E-state index in [1.165, 1.54) is 6.07 Å². The lowest BCUT2D eigenvalue weighted by Crippen LogP contribution is -2.24. The molecule has 0 aliphatic rings. The third-order valence-electron chi connectivity index (χ3n) is 2.95. The van der Waals surface area contributed by atoms with Gasteiger partial charge in [0.25, 0.3) is 0 Å². The number of hydrogen-bond donors (Lipinski definition) is 1. The van der Waals surface area contributed by atoms with Gasteiger partial charge in [-0.1, -0.05) is 35.8 Å². The average Bonchev–Trinajstić information content (AvgIpc) is 2.15. The molecule has 1 nitrogen and oxygen atoms in total. The summed E-state index contributed by atoms with van der Waals surface area (Å²) in [5.74, 6) is 0.222. The van der Waals surface area contributed by atoms with Gasteiger partial charge in [0.1, 0.15) is 5.82 Å². The number of aliphatic hydroxyl groups is 1. The van der Waals surface area contributed by atoms with Gasteiger partial charge < -0.3 is 5.11 Å². The average molecular weight is 289 g/mol. The summed E-state index contributed by atoms with van der Waals surface area (Å²) in [4.78, 5) is 0. The second kappa shape index (κ2) is 5.78. The van der Waals surface area contributed by atoms with Crippen molar-refractivity contribution in [1.29, 1.82) is 0 Å². The Morgan fingerprint density at radius 1 is 1.31 bits per heavy atom. The molecule has 0 aromatic heterocycles. The highest BCUT2D eigenvalue weighted by Gasteiger charge is 2.20. The van der Waals surface area contributed by atoms with Gasteiger partial charge in [0.05, 0.1) is 6.10 Å². The molecule has 2 unspecified atom stereocenters. The summed E-state index contributed by atoms with van der Waals surface area (Å²) in [6.07, 6.45) is 0.164. The van der Waals surface area contributed by atoms with Crippen molar-refractivity contribution in [3.05, 3.63) is 34.1 Å². The van der Waals surface area contributed by atoms with Crippen LogP contribution >= 0.6 is 15.9 Å². The molecule has 1 aromatic carbocycles. The maximum Gasteiger partial charge on any atom is 0.127 e. The Labute approximate surface area is 105 Å². The molecule has 1 rings (SSSR count). The van der Waals surface area contributed by atoms with E-state index in [2.05, 4.69) is 15.9 Å². The Morgan fingerprint density at radius 2 is 1.94 bits per heavy atom. The number of benzene rings is 1. The highest BCUT2D eigenvalue weighted by molar-refractivity contribution is 9.10. The fourth-order valence-electron chi connectivity index (χ4n) is 1.90. The molecule has 0 fully saturated rings. The summed E-state index contributed by atoms with van der Waals surface area (Å²) in [6.45, 7) is 5.86. The predicted octanol–water partition coefficient (Wildman–Crippen LogP) is 3.78. The van der Waals surface area contributed by atoms with E-state index in [0.717, 1.165) is 4.47 Å².